The summed E-state index contributed by atoms with van der Waals surface area (Å²) in [5.41, 5.74) is 1.13. The second-order valence-corrected chi connectivity index (χ2v) is 6.06. The maximum atomic E-state index is 13.3. The third kappa shape index (κ3) is 4.69. The third-order valence-corrected chi connectivity index (χ3v) is 3.98. The van der Waals surface area contributed by atoms with Crippen LogP contribution in [0.25, 0.3) is 0 Å². The van der Waals surface area contributed by atoms with Crippen LogP contribution < -0.4 is 5.56 Å². The van der Waals surface area contributed by atoms with Gasteiger partial charge >= 0.3 is 0 Å². The Morgan fingerprint density at radius 3 is 2.79 bits per heavy atom. The molecule has 0 amide bonds. The van der Waals surface area contributed by atoms with Gasteiger partial charge in [-0.3, -0.25) is 9.69 Å². The lowest BCUT2D eigenvalue weighted by atomic mass is 10.0. The Morgan fingerprint density at radius 2 is 2.04 bits per heavy atom. The molecule has 24 heavy (non-hydrogen) atoms. The van der Waals surface area contributed by atoms with E-state index in [1.54, 1.807) is 0 Å². The molecule has 0 radical (unpaired) electrons. The maximum absolute atomic E-state index is 13.3. The highest BCUT2D eigenvalue weighted by atomic mass is 19.1. The number of hydrogen-bond donors (Lipinski definition) is 1. The van der Waals surface area contributed by atoms with Crippen molar-refractivity contribution in [2.24, 2.45) is 5.92 Å². The highest BCUT2D eigenvalue weighted by Crippen LogP contribution is 2.16. The molecule has 1 fully saturated rings. The number of rotatable bonds is 4. The summed E-state index contributed by atoms with van der Waals surface area (Å²) in [6, 6.07) is 5.05. The van der Waals surface area contributed by atoms with Gasteiger partial charge in [-0.15, -0.1) is 0 Å². The van der Waals surface area contributed by atoms with Crippen LogP contribution in [-0.2, 0) is 17.7 Å². The zero-order chi connectivity index (χ0) is 16.9. The van der Waals surface area contributed by atoms with Crippen molar-refractivity contribution < 1.29 is 13.5 Å². The van der Waals surface area contributed by atoms with E-state index in [0.717, 1.165) is 6.07 Å². The molecule has 0 bridgehead atoms. The summed E-state index contributed by atoms with van der Waals surface area (Å²) in [6.45, 7) is 3.00. The second kappa shape index (κ2) is 7.63. The highest BCUT2D eigenvalue weighted by molar-refractivity contribution is 5.17. The molecule has 1 aliphatic heterocycles. The van der Waals surface area contributed by atoms with Crippen molar-refractivity contribution in [2.45, 2.75) is 13.0 Å². The number of hydrogen-bond acceptors (Lipinski definition) is 4. The van der Waals surface area contributed by atoms with Crippen molar-refractivity contribution in [3.8, 4) is 0 Å². The fraction of sp³-hybridized carbons (Fsp3) is 0.412. The van der Waals surface area contributed by atoms with Gasteiger partial charge in [0.2, 0.25) is 0 Å². The maximum Gasteiger partial charge on any atom is 0.250 e. The molecule has 0 saturated carbocycles. The lowest BCUT2D eigenvalue weighted by Crippen LogP contribution is -2.30. The lowest BCUT2D eigenvalue weighted by molar-refractivity contribution is 0.121. The molecule has 1 aliphatic rings. The standard InChI is InChI=1S/C17H19F2N3O2/c18-14-3-12(4-15(19)6-14)8-22-1-2-24-10-13(9-22)5-16-7-17(23)21-11-20-16/h3-4,6-7,11,13H,1-2,5,8-10H2,(H,20,21,23)/t13-/m1/s1. The molecule has 1 aromatic heterocycles. The van der Waals surface area contributed by atoms with Gasteiger partial charge in [-0.25, -0.2) is 13.8 Å². The number of H-pyrrole nitrogens is 1. The smallest absolute Gasteiger partial charge is 0.250 e. The highest BCUT2D eigenvalue weighted by Gasteiger charge is 2.20. The molecule has 3 rings (SSSR count). The van der Waals surface area contributed by atoms with E-state index in [9.17, 15) is 13.6 Å². The van der Waals surface area contributed by atoms with Crippen LogP contribution in [0, 0.1) is 17.6 Å². The van der Waals surface area contributed by atoms with Gasteiger partial charge < -0.3 is 9.72 Å². The van der Waals surface area contributed by atoms with Crippen molar-refractivity contribution in [3.63, 3.8) is 0 Å². The van der Waals surface area contributed by atoms with Gasteiger partial charge in [0, 0.05) is 43.4 Å². The molecule has 2 aromatic rings. The van der Waals surface area contributed by atoms with Gasteiger partial charge in [0.1, 0.15) is 11.6 Å². The Balaban J connectivity index is 1.67. The Kier molecular flexibility index (Phi) is 5.32. The van der Waals surface area contributed by atoms with Crippen LogP contribution in [0.4, 0.5) is 8.78 Å². The Hall–Kier alpha value is -2.12. The SMILES string of the molecule is O=c1cc(C[C@H]2COCCN(Cc3cc(F)cc(F)c3)C2)nc[nH]1. The minimum absolute atomic E-state index is 0.167. The zero-order valence-electron chi connectivity index (χ0n) is 13.2. The Morgan fingerprint density at radius 1 is 1.25 bits per heavy atom. The van der Waals surface area contributed by atoms with Crippen molar-refractivity contribution in [3.05, 3.63) is 63.8 Å². The van der Waals surface area contributed by atoms with Crippen molar-refractivity contribution in [1.29, 1.82) is 0 Å². The first kappa shape index (κ1) is 16.7. The predicted octanol–water partition coefficient (Wildman–Crippen LogP) is 1.74. The van der Waals surface area contributed by atoms with Crippen LogP contribution in [0.1, 0.15) is 11.3 Å². The topological polar surface area (TPSA) is 58.2 Å². The molecule has 2 heterocycles. The molecule has 0 spiro atoms. The number of nitrogens with zero attached hydrogens (tertiary/aromatic N) is 2. The number of halogens is 2. The molecular formula is C17H19F2N3O2. The fourth-order valence-corrected chi connectivity index (χ4v) is 3.00. The Bertz CT molecular complexity index is 730. The largest absolute Gasteiger partial charge is 0.380 e. The first-order chi connectivity index (χ1) is 11.6. The monoisotopic (exact) mass is 335 g/mol. The van der Waals surface area contributed by atoms with E-state index in [0.29, 0.717) is 50.5 Å². The molecule has 0 unspecified atom stereocenters. The minimum Gasteiger partial charge on any atom is -0.380 e. The van der Waals surface area contributed by atoms with Gasteiger partial charge in [0.25, 0.3) is 5.56 Å². The van der Waals surface area contributed by atoms with Gasteiger partial charge in [-0.1, -0.05) is 0 Å². The molecule has 0 aliphatic carbocycles. The van der Waals surface area contributed by atoms with Crippen LogP contribution in [0.3, 0.4) is 0 Å². The van der Waals surface area contributed by atoms with Crippen molar-refractivity contribution in [1.82, 2.24) is 14.9 Å². The lowest BCUT2D eigenvalue weighted by Gasteiger charge is -2.23. The summed E-state index contributed by atoms with van der Waals surface area (Å²) in [5.74, 6) is -0.971. The van der Waals surface area contributed by atoms with E-state index in [-0.39, 0.29) is 11.5 Å². The van der Waals surface area contributed by atoms with E-state index >= 15 is 0 Å². The van der Waals surface area contributed by atoms with Gasteiger partial charge in [-0.2, -0.15) is 0 Å². The molecule has 1 saturated heterocycles. The molecule has 1 N–H and O–H groups in total. The van der Waals surface area contributed by atoms with Crippen LogP contribution in [0.5, 0.6) is 0 Å². The predicted molar refractivity (Wildman–Crippen MR) is 84.5 cm³/mol. The molecule has 1 atom stereocenters. The summed E-state index contributed by atoms with van der Waals surface area (Å²) in [5, 5.41) is 0. The summed E-state index contributed by atoms with van der Waals surface area (Å²) in [4.78, 5) is 20.1. The minimum atomic E-state index is -0.569. The van der Waals surface area contributed by atoms with Crippen LogP contribution in [0.2, 0.25) is 0 Å². The Labute approximate surface area is 138 Å². The van der Waals surface area contributed by atoms with Gasteiger partial charge in [0.15, 0.2) is 0 Å². The number of benzene rings is 1. The number of aromatic nitrogens is 2. The molecule has 128 valence electrons. The molecule has 5 nitrogen and oxygen atoms in total. The first-order valence-electron chi connectivity index (χ1n) is 7.87. The zero-order valence-corrected chi connectivity index (χ0v) is 13.2. The van der Waals surface area contributed by atoms with E-state index in [1.807, 2.05) is 0 Å². The van der Waals surface area contributed by atoms with Gasteiger partial charge in [-0.05, 0) is 24.1 Å². The average Bonchev–Trinajstić information content (AvgIpc) is 2.71. The quantitative estimate of drug-likeness (QED) is 0.925. The van der Waals surface area contributed by atoms with E-state index in [4.69, 9.17) is 4.74 Å². The number of aromatic amines is 1. The average molecular weight is 335 g/mol. The van der Waals surface area contributed by atoms with Gasteiger partial charge in [0.05, 0.1) is 19.5 Å². The molecular weight excluding hydrogens is 316 g/mol. The summed E-state index contributed by atoms with van der Waals surface area (Å²) >= 11 is 0. The third-order valence-electron chi connectivity index (χ3n) is 3.98. The number of nitrogens with one attached hydrogen (secondary N) is 1. The van der Waals surface area contributed by atoms with E-state index < -0.39 is 11.6 Å². The summed E-state index contributed by atoms with van der Waals surface area (Å²) in [6.07, 6.45) is 2.01. The summed E-state index contributed by atoms with van der Waals surface area (Å²) < 4.78 is 32.3. The summed E-state index contributed by atoms with van der Waals surface area (Å²) in [7, 11) is 0. The van der Waals surface area contributed by atoms with Crippen LogP contribution >= 0.6 is 0 Å². The van der Waals surface area contributed by atoms with E-state index in [1.165, 1.54) is 24.5 Å². The van der Waals surface area contributed by atoms with Crippen LogP contribution in [0.15, 0.2) is 35.4 Å². The number of ether oxygens (including phenoxy) is 1. The second-order valence-electron chi connectivity index (χ2n) is 6.06. The van der Waals surface area contributed by atoms with E-state index in [2.05, 4.69) is 14.9 Å². The molecule has 7 heteroatoms. The van der Waals surface area contributed by atoms with Crippen molar-refractivity contribution >= 4 is 0 Å². The van der Waals surface area contributed by atoms with Crippen LogP contribution in [-0.4, -0.2) is 41.2 Å². The normalized spacial score (nSPS) is 19.2. The molecule has 1 aromatic carbocycles. The first-order valence-corrected chi connectivity index (χ1v) is 7.87. The van der Waals surface area contributed by atoms with Crippen molar-refractivity contribution in [2.75, 3.05) is 26.3 Å². The fourth-order valence-electron chi connectivity index (χ4n) is 3.00.